The first kappa shape index (κ1) is 21.6. The zero-order chi connectivity index (χ0) is 17.6. The largest absolute Gasteiger partial charge is 0.463 e. The van der Waals surface area contributed by atoms with Gasteiger partial charge in [0.2, 0.25) is 0 Å². The lowest BCUT2D eigenvalue weighted by Gasteiger charge is -2.30. The van der Waals surface area contributed by atoms with E-state index in [1.165, 1.54) is 12.2 Å². The molecule has 0 amide bonds. The van der Waals surface area contributed by atoms with Gasteiger partial charge >= 0.3 is 11.9 Å². The van der Waals surface area contributed by atoms with Gasteiger partial charge in [0.05, 0.1) is 13.2 Å². The molecule has 0 fully saturated rings. The maximum absolute atomic E-state index is 11.0. The topological polar surface area (TPSA) is 61.8 Å². The van der Waals surface area contributed by atoms with E-state index in [1.807, 2.05) is 0 Å². The van der Waals surface area contributed by atoms with Crippen molar-refractivity contribution >= 4 is 22.4 Å². The second-order valence-electron chi connectivity index (χ2n) is 5.86. The van der Waals surface area contributed by atoms with Crippen LogP contribution in [0.15, 0.2) is 25.3 Å². The van der Waals surface area contributed by atoms with Crippen molar-refractivity contribution in [3.63, 3.8) is 0 Å². The minimum atomic E-state index is -0.382. The molecule has 0 rings (SSSR count). The van der Waals surface area contributed by atoms with Crippen LogP contribution in [0.5, 0.6) is 0 Å². The van der Waals surface area contributed by atoms with E-state index in [-0.39, 0.29) is 17.4 Å². The third-order valence-electron chi connectivity index (χ3n) is 3.80. The van der Waals surface area contributed by atoms with E-state index in [4.69, 9.17) is 13.9 Å². The molecule has 0 aromatic rings. The third-order valence-corrected chi connectivity index (χ3v) is 4.21. The van der Waals surface area contributed by atoms with Crippen LogP contribution in [0.4, 0.5) is 0 Å². The molecule has 0 aliphatic heterocycles. The van der Waals surface area contributed by atoms with Gasteiger partial charge in [-0.25, -0.2) is 9.59 Å². The van der Waals surface area contributed by atoms with Gasteiger partial charge in [-0.2, -0.15) is 0 Å². The van der Waals surface area contributed by atoms with Crippen LogP contribution < -0.4 is 0 Å². The van der Waals surface area contributed by atoms with Gasteiger partial charge in [-0.15, -0.1) is 0 Å². The summed E-state index contributed by atoms with van der Waals surface area (Å²) in [6.45, 7) is 10.6. The molecular weight excluding hydrogens is 312 g/mol. The van der Waals surface area contributed by atoms with Gasteiger partial charge in [0.1, 0.15) is 10.5 Å². The predicted octanol–water partition coefficient (Wildman–Crippen LogP) is 2.09. The quantitative estimate of drug-likeness (QED) is 0.209. The lowest BCUT2D eigenvalue weighted by Crippen LogP contribution is -2.20. The Labute approximate surface area is 142 Å². The van der Waals surface area contributed by atoms with Crippen molar-refractivity contribution in [1.29, 1.82) is 0 Å². The highest BCUT2D eigenvalue weighted by atomic mass is 28.2. The Hall–Kier alpha value is -1.40. The van der Waals surface area contributed by atoms with Crippen LogP contribution in [0.25, 0.3) is 0 Å². The van der Waals surface area contributed by atoms with E-state index in [1.54, 1.807) is 0 Å². The number of ether oxygens (including phenoxy) is 2. The van der Waals surface area contributed by atoms with Crippen LogP contribution in [-0.2, 0) is 23.5 Å². The molecule has 0 spiro atoms. The van der Waals surface area contributed by atoms with Crippen molar-refractivity contribution in [2.45, 2.75) is 45.4 Å². The van der Waals surface area contributed by atoms with Crippen molar-refractivity contribution < 1.29 is 23.5 Å². The molecule has 0 heterocycles. The Kier molecular flexibility index (Phi) is 12.3. The monoisotopic (exact) mass is 342 g/mol. The highest BCUT2D eigenvalue weighted by molar-refractivity contribution is 5.97. The fourth-order valence-electron chi connectivity index (χ4n) is 2.48. The lowest BCUT2D eigenvalue weighted by atomic mass is 9.77. The van der Waals surface area contributed by atoms with E-state index < -0.39 is 0 Å². The zero-order valence-electron chi connectivity index (χ0n) is 14.5. The summed E-state index contributed by atoms with van der Waals surface area (Å²) in [6.07, 6.45) is 7.93. The highest BCUT2D eigenvalue weighted by Crippen LogP contribution is 2.34. The Bertz CT molecular complexity index is 353. The summed E-state index contributed by atoms with van der Waals surface area (Å²) in [7, 11) is 0.759. The van der Waals surface area contributed by atoms with Crippen molar-refractivity contribution in [3.8, 4) is 0 Å². The third kappa shape index (κ3) is 11.8. The molecular formula is C17H30O5Si. The number of carbonyl (C=O) groups excluding carboxylic acids is 2. The van der Waals surface area contributed by atoms with Gasteiger partial charge in [0, 0.05) is 18.8 Å². The molecule has 0 aromatic heterocycles. The van der Waals surface area contributed by atoms with Gasteiger partial charge in [-0.3, -0.25) is 0 Å². The Morgan fingerprint density at radius 3 is 1.65 bits per heavy atom. The molecule has 6 heteroatoms. The fourth-order valence-corrected chi connectivity index (χ4v) is 2.77. The minimum absolute atomic E-state index is 0.126. The van der Waals surface area contributed by atoms with E-state index in [2.05, 4.69) is 20.1 Å². The second kappa shape index (κ2) is 13.1. The molecule has 0 radical (unpaired) electrons. The number of hydrogen-bond donors (Lipinski definition) is 0. The summed E-state index contributed by atoms with van der Waals surface area (Å²) in [4.78, 5) is 22.1. The molecule has 0 bridgehead atoms. The summed E-state index contributed by atoms with van der Waals surface area (Å²) in [5, 5.41) is 0. The van der Waals surface area contributed by atoms with Crippen LogP contribution in [0, 0.1) is 5.41 Å². The smallest absolute Gasteiger partial charge is 0.330 e. The Morgan fingerprint density at radius 1 is 0.913 bits per heavy atom. The first-order chi connectivity index (χ1) is 11.0. The molecule has 0 atom stereocenters. The summed E-state index contributed by atoms with van der Waals surface area (Å²) in [5.41, 5.74) is 0.126. The first-order valence-corrected chi connectivity index (χ1v) is 8.86. The van der Waals surface area contributed by atoms with Crippen LogP contribution >= 0.6 is 0 Å². The average Bonchev–Trinajstić information content (AvgIpc) is 2.55. The first-order valence-electron chi connectivity index (χ1n) is 8.05. The molecule has 0 unspecified atom stereocenters. The number of carbonyl (C=O) groups is 2. The molecule has 0 aliphatic rings. The molecule has 0 aliphatic carbocycles. The van der Waals surface area contributed by atoms with Crippen LogP contribution in [0.3, 0.4) is 0 Å². The van der Waals surface area contributed by atoms with Gasteiger partial charge in [0.25, 0.3) is 0 Å². The number of hydrogen-bond acceptors (Lipinski definition) is 5. The summed E-state index contributed by atoms with van der Waals surface area (Å²) < 4.78 is 15.3. The molecule has 0 N–H and O–H groups in total. The van der Waals surface area contributed by atoms with Crippen LogP contribution in [0.1, 0.15) is 45.4 Å². The summed E-state index contributed by atoms with van der Waals surface area (Å²) in [6, 6.07) is 0. The van der Waals surface area contributed by atoms with Gasteiger partial charge in [0.15, 0.2) is 0 Å². The average molecular weight is 343 g/mol. The minimum Gasteiger partial charge on any atom is -0.463 e. The van der Waals surface area contributed by atoms with Crippen LogP contribution in [-0.4, -0.2) is 42.2 Å². The van der Waals surface area contributed by atoms with Gasteiger partial charge in [-0.1, -0.05) is 20.1 Å². The number of rotatable bonds is 14. The molecule has 132 valence electrons. The van der Waals surface area contributed by atoms with Crippen molar-refractivity contribution in [3.05, 3.63) is 25.3 Å². The van der Waals surface area contributed by atoms with Crippen molar-refractivity contribution in [1.82, 2.24) is 0 Å². The SMILES string of the molecule is C=CC(=O)OCCCC(C)(CCCO[SiH3])CCCOC(=O)C=C. The Morgan fingerprint density at radius 2 is 1.30 bits per heavy atom. The maximum atomic E-state index is 11.0. The highest BCUT2D eigenvalue weighted by Gasteiger charge is 2.23. The number of esters is 2. The standard InChI is InChI=1S/C17H30O5Si/c1-4-15(18)20-12-6-9-17(3,11-8-14-22-23)10-7-13-21-16(19)5-2/h4-5H,1-2,6-14H2,3,23H3. The van der Waals surface area contributed by atoms with Crippen LogP contribution in [0.2, 0.25) is 0 Å². The molecule has 0 aromatic carbocycles. The molecule has 0 saturated heterocycles. The fraction of sp³-hybridized carbons (Fsp3) is 0.647. The van der Waals surface area contributed by atoms with E-state index in [9.17, 15) is 9.59 Å². The normalized spacial score (nSPS) is 11.0. The Balaban J connectivity index is 4.21. The van der Waals surface area contributed by atoms with Crippen molar-refractivity contribution in [2.24, 2.45) is 5.41 Å². The van der Waals surface area contributed by atoms with E-state index in [0.717, 1.165) is 55.6 Å². The maximum Gasteiger partial charge on any atom is 0.330 e. The van der Waals surface area contributed by atoms with Gasteiger partial charge < -0.3 is 13.9 Å². The van der Waals surface area contributed by atoms with Crippen molar-refractivity contribution in [2.75, 3.05) is 19.8 Å². The summed E-state index contributed by atoms with van der Waals surface area (Å²) >= 11 is 0. The zero-order valence-corrected chi connectivity index (χ0v) is 16.5. The lowest BCUT2D eigenvalue weighted by molar-refractivity contribution is -0.138. The van der Waals surface area contributed by atoms with Gasteiger partial charge in [-0.05, 0) is 43.9 Å². The second-order valence-corrected chi connectivity index (χ2v) is 6.43. The predicted molar refractivity (Wildman–Crippen MR) is 94.0 cm³/mol. The molecule has 23 heavy (non-hydrogen) atoms. The molecule has 0 saturated carbocycles. The molecule has 5 nitrogen and oxygen atoms in total. The van der Waals surface area contributed by atoms with E-state index in [0.29, 0.717) is 13.2 Å². The summed E-state index contributed by atoms with van der Waals surface area (Å²) in [5.74, 6) is -0.764. The van der Waals surface area contributed by atoms with E-state index >= 15 is 0 Å².